The summed E-state index contributed by atoms with van der Waals surface area (Å²) in [5.41, 5.74) is -0.525. The van der Waals surface area contributed by atoms with Gasteiger partial charge in [-0.25, -0.2) is 17.8 Å². The van der Waals surface area contributed by atoms with Crippen LogP contribution in [0, 0.1) is 5.82 Å². The molecule has 0 unspecified atom stereocenters. The third-order valence-corrected chi connectivity index (χ3v) is 6.11. The van der Waals surface area contributed by atoms with E-state index >= 15 is 0 Å². The van der Waals surface area contributed by atoms with E-state index in [-0.39, 0.29) is 37.7 Å². The van der Waals surface area contributed by atoms with Crippen molar-refractivity contribution in [3.63, 3.8) is 0 Å². The Hall–Kier alpha value is -2.20. The maximum absolute atomic E-state index is 13.2. The van der Waals surface area contributed by atoms with E-state index in [2.05, 4.69) is 4.98 Å². The van der Waals surface area contributed by atoms with Gasteiger partial charge in [-0.05, 0) is 29.8 Å². The van der Waals surface area contributed by atoms with Crippen LogP contribution in [0.2, 0.25) is 0 Å². The summed E-state index contributed by atoms with van der Waals surface area (Å²) in [5, 5.41) is 0. The zero-order valence-corrected chi connectivity index (χ0v) is 15.0. The molecule has 2 aromatic rings. The van der Waals surface area contributed by atoms with Crippen molar-refractivity contribution in [1.82, 2.24) is 9.29 Å². The van der Waals surface area contributed by atoms with Crippen LogP contribution in [0.3, 0.4) is 0 Å². The molecular weight excluding hydrogens is 386 g/mol. The summed E-state index contributed by atoms with van der Waals surface area (Å²) in [4.78, 5) is 5.26. The predicted octanol–water partition coefficient (Wildman–Crippen LogP) is 2.89. The van der Waals surface area contributed by atoms with Gasteiger partial charge in [-0.15, -0.1) is 0 Å². The molecule has 0 aliphatic carbocycles. The van der Waals surface area contributed by atoms with E-state index in [0.29, 0.717) is 5.56 Å². The molecule has 0 bridgehead atoms. The number of piperazine rings is 1. The van der Waals surface area contributed by atoms with Gasteiger partial charge in [0.25, 0.3) is 0 Å². The molecule has 1 aliphatic heterocycles. The molecule has 1 saturated heterocycles. The molecule has 10 heteroatoms. The van der Waals surface area contributed by atoms with Gasteiger partial charge < -0.3 is 4.90 Å². The molecule has 0 spiro atoms. The molecule has 1 aromatic carbocycles. The van der Waals surface area contributed by atoms with E-state index in [1.54, 1.807) is 0 Å². The topological polar surface area (TPSA) is 53.5 Å². The molecule has 1 aromatic heterocycles. The normalized spacial score (nSPS) is 16.5. The number of halogens is 4. The molecule has 146 valence electrons. The molecule has 0 atom stereocenters. The molecule has 0 amide bonds. The van der Waals surface area contributed by atoms with Gasteiger partial charge in [0.05, 0.1) is 11.3 Å². The van der Waals surface area contributed by atoms with E-state index in [1.807, 2.05) is 0 Å². The third kappa shape index (κ3) is 4.56. The highest BCUT2D eigenvalue weighted by molar-refractivity contribution is 7.88. The molecular formula is C17H17F4N3O2S. The first-order valence-corrected chi connectivity index (χ1v) is 9.77. The Labute approximate surface area is 154 Å². The first-order valence-electron chi connectivity index (χ1n) is 8.16. The first kappa shape index (κ1) is 19.6. The number of alkyl halides is 3. The summed E-state index contributed by atoms with van der Waals surface area (Å²) in [5.74, 6) is -1.09. The number of anilines is 1. The van der Waals surface area contributed by atoms with Gasteiger partial charge in [-0.1, -0.05) is 12.1 Å². The van der Waals surface area contributed by atoms with Crippen molar-refractivity contribution in [1.29, 1.82) is 0 Å². The van der Waals surface area contributed by atoms with Crippen LogP contribution in [-0.4, -0.2) is 43.9 Å². The fourth-order valence-electron chi connectivity index (χ4n) is 2.98. The molecule has 0 N–H and O–H groups in total. The van der Waals surface area contributed by atoms with Gasteiger partial charge in [0.2, 0.25) is 10.0 Å². The first-order chi connectivity index (χ1) is 12.7. The second-order valence-electron chi connectivity index (χ2n) is 6.14. The fraction of sp³-hybridized carbons (Fsp3) is 0.353. The minimum absolute atomic E-state index is 0.0333. The van der Waals surface area contributed by atoms with Gasteiger partial charge in [-0.2, -0.15) is 17.5 Å². The Bertz CT molecular complexity index is 910. The van der Waals surface area contributed by atoms with Gasteiger partial charge in [0.1, 0.15) is 11.6 Å². The largest absolute Gasteiger partial charge is 0.419 e. The zero-order chi connectivity index (χ0) is 19.7. The number of hydrogen-bond donors (Lipinski definition) is 0. The number of sulfonamides is 1. The van der Waals surface area contributed by atoms with Crippen molar-refractivity contribution in [2.24, 2.45) is 0 Å². The molecule has 0 radical (unpaired) electrons. The van der Waals surface area contributed by atoms with Crippen LogP contribution >= 0.6 is 0 Å². The Morgan fingerprint density at radius 3 is 2.37 bits per heavy atom. The lowest BCUT2D eigenvalue weighted by Crippen LogP contribution is -2.49. The Morgan fingerprint density at radius 2 is 1.74 bits per heavy atom. The number of benzene rings is 1. The van der Waals surface area contributed by atoms with Crippen LogP contribution in [0.4, 0.5) is 23.4 Å². The monoisotopic (exact) mass is 403 g/mol. The molecule has 1 fully saturated rings. The average molecular weight is 403 g/mol. The summed E-state index contributed by atoms with van der Waals surface area (Å²) < 4.78 is 78.9. The summed E-state index contributed by atoms with van der Waals surface area (Å²) in [6.45, 7) is 0.238. The second-order valence-corrected chi connectivity index (χ2v) is 8.11. The van der Waals surface area contributed by atoms with Crippen LogP contribution in [0.15, 0.2) is 42.6 Å². The highest BCUT2D eigenvalue weighted by atomic mass is 32.2. The van der Waals surface area contributed by atoms with Gasteiger partial charge in [0.15, 0.2) is 0 Å². The third-order valence-electron chi connectivity index (χ3n) is 4.26. The summed E-state index contributed by atoms with van der Waals surface area (Å²) in [7, 11) is -3.70. The highest BCUT2D eigenvalue weighted by Crippen LogP contribution is 2.35. The zero-order valence-electron chi connectivity index (χ0n) is 14.2. The number of hydrogen-bond acceptors (Lipinski definition) is 4. The molecule has 3 rings (SSSR count). The maximum atomic E-state index is 13.2. The van der Waals surface area contributed by atoms with E-state index in [9.17, 15) is 26.0 Å². The highest BCUT2D eigenvalue weighted by Gasteiger charge is 2.37. The summed E-state index contributed by atoms with van der Waals surface area (Å²) in [6, 6.07) is 7.48. The lowest BCUT2D eigenvalue weighted by molar-refractivity contribution is -0.137. The van der Waals surface area contributed by atoms with E-state index < -0.39 is 27.6 Å². The van der Waals surface area contributed by atoms with Crippen LogP contribution < -0.4 is 4.90 Å². The molecule has 5 nitrogen and oxygen atoms in total. The van der Waals surface area contributed by atoms with Crippen molar-refractivity contribution in [2.45, 2.75) is 11.9 Å². The second kappa shape index (κ2) is 7.43. The van der Waals surface area contributed by atoms with Gasteiger partial charge >= 0.3 is 6.18 Å². The van der Waals surface area contributed by atoms with Crippen molar-refractivity contribution >= 4 is 15.8 Å². The van der Waals surface area contributed by atoms with E-state index in [0.717, 1.165) is 12.1 Å². The number of pyridine rings is 1. The summed E-state index contributed by atoms with van der Waals surface area (Å²) >= 11 is 0. The van der Waals surface area contributed by atoms with Crippen molar-refractivity contribution in [3.8, 4) is 0 Å². The molecule has 27 heavy (non-hydrogen) atoms. The summed E-state index contributed by atoms with van der Waals surface area (Å²) in [6.07, 6.45) is -3.26. The molecule has 0 saturated carbocycles. The fourth-order valence-corrected chi connectivity index (χ4v) is 4.48. The van der Waals surface area contributed by atoms with Gasteiger partial charge in [-0.3, -0.25) is 0 Å². The molecule has 1 aliphatic rings. The smallest absolute Gasteiger partial charge is 0.353 e. The van der Waals surface area contributed by atoms with Crippen molar-refractivity contribution in [3.05, 3.63) is 59.5 Å². The maximum Gasteiger partial charge on any atom is 0.419 e. The predicted molar refractivity (Wildman–Crippen MR) is 92.0 cm³/mol. The molecule has 2 heterocycles. The Morgan fingerprint density at radius 1 is 1.04 bits per heavy atom. The minimum atomic E-state index is -4.54. The Balaban J connectivity index is 1.70. The number of aromatic nitrogens is 1. The van der Waals surface area contributed by atoms with Crippen LogP contribution in [0.25, 0.3) is 0 Å². The Kier molecular flexibility index (Phi) is 5.38. The lowest BCUT2D eigenvalue weighted by Gasteiger charge is -2.35. The van der Waals surface area contributed by atoms with Gasteiger partial charge in [0, 0.05) is 32.4 Å². The standard InChI is InChI=1S/C17H17F4N3O2S/c18-14-4-1-3-13(11-14)12-27(25,26)24-9-7-23(8-10-24)16-15(17(19,20)21)5-2-6-22-16/h1-6,11H,7-10,12H2. The van der Waals surface area contributed by atoms with Crippen molar-refractivity contribution < 1.29 is 26.0 Å². The van der Waals surface area contributed by atoms with Crippen LogP contribution in [-0.2, 0) is 22.0 Å². The number of nitrogens with zero attached hydrogens (tertiary/aromatic N) is 3. The van der Waals surface area contributed by atoms with Crippen LogP contribution in [0.5, 0.6) is 0 Å². The minimum Gasteiger partial charge on any atom is -0.353 e. The quantitative estimate of drug-likeness (QED) is 0.737. The van der Waals surface area contributed by atoms with Crippen LogP contribution in [0.1, 0.15) is 11.1 Å². The van der Waals surface area contributed by atoms with E-state index in [4.69, 9.17) is 0 Å². The lowest BCUT2D eigenvalue weighted by atomic mass is 10.2. The van der Waals surface area contributed by atoms with Crippen molar-refractivity contribution in [2.75, 3.05) is 31.1 Å². The SMILES string of the molecule is O=S(=O)(Cc1cccc(F)c1)N1CCN(c2ncccc2C(F)(F)F)CC1. The number of rotatable bonds is 4. The average Bonchev–Trinajstić information content (AvgIpc) is 2.61. The van der Waals surface area contributed by atoms with E-state index in [1.165, 1.54) is 39.7 Å².